The van der Waals surface area contributed by atoms with Gasteiger partial charge in [-0.05, 0) is 22.6 Å². The van der Waals surface area contributed by atoms with Gasteiger partial charge in [-0.25, -0.2) is 9.37 Å². The molecule has 54 valence electrons. The van der Waals surface area contributed by atoms with Crippen LogP contribution in [0, 0.1) is 0 Å². The molecule has 0 aromatic carbocycles. The second kappa shape index (κ2) is 3.09. The molecule has 1 N–H and O–H groups in total. The lowest BCUT2D eigenvalue weighted by Crippen LogP contribution is -2.06. The van der Waals surface area contributed by atoms with Crippen molar-refractivity contribution in [2.75, 3.05) is 0 Å². The highest BCUT2D eigenvalue weighted by Crippen LogP contribution is 2.19. The number of nitrogens with one attached hydrogen (secondary N) is 1. The number of hydrogen-bond acceptors (Lipinski definition) is 2. The van der Waals surface area contributed by atoms with Gasteiger partial charge in [-0.2, -0.15) is 0 Å². The van der Waals surface area contributed by atoms with Crippen molar-refractivity contribution in [3.63, 3.8) is 0 Å². The summed E-state index contributed by atoms with van der Waals surface area (Å²) in [5.74, 6) is 0. The summed E-state index contributed by atoms with van der Waals surface area (Å²) in [5.41, 5.74) is -0.173. The Bertz CT molecular complexity index is 272. The Hall–Kier alpha value is -0.460. The zero-order chi connectivity index (χ0) is 7.56. The molecule has 0 aliphatic carbocycles. The van der Waals surface area contributed by atoms with Crippen molar-refractivity contribution in [3.05, 3.63) is 28.4 Å². The topological polar surface area (TPSA) is 45.8 Å². The average molecular weight is 254 g/mol. The van der Waals surface area contributed by atoms with Crippen molar-refractivity contribution in [3.8, 4) is 0 Å². The molecule has 3 nitrogen and oxygen atoms in total. The van der Waals surface area contributed by atoms with Gasteiger partial charge in [0.1, 0.15) is 0 Å². The van der Waals surface area contributed by atoms with Crippen molar-refractivity contribution < 1.29 is 4.39 Å². The monoisotopic (exact) mass is 254 g/mol. The molecule has 0 spiro atoms. The summed E-state index contributed by atoms with van der Waals surface area (Å²) in [6.45, 7) is 0. The quantitative estimate of drug-likeness (QED) is 0.604. The fourth-order valence-corrected chi connectivity index (χ4v) is 0.844. The number of H-pyrrole nitrogens is 1. The first-order valence-electron chi connectivity index (χ1n) is 2.53. The van der Waals surface area contributed by atoms with Gasteiger partial charge in [0.15, 0.2) is 4.18 Å². The number of halogens is 2. The molecule has 0 aliphatic heterocycles. The van der Waals surface area contributed by atoms with Crippen LogP contribution in [0.1, 0.15) is 9.87 Å². The fourth-order valence-electron chi connectivity index (χ4n) is 0.503. The largest absolute Gasteiger partial charge is 0.313 e. The Morgan fingerprint density at radius 2 is 2.50 bits per heavy atom. The highest BCUT2D eigenvalue weighted by atomic mass is 127. The third kappa shape index (κ3) is 1.76. The third-order valence-electron chi connectivity index (χ3n) is 0.923. The van der Waals surface area contributed by atoms with Crippen molar-refractivity contribution in [2.45, 2.75) is 4.18 Å². The molecule has 0 fully saturated rings. The summed E-state index contributed by atoms with van der Waals surface area (Å²) in [4.78, 5) is 16.4. The van der Waals surface area contributed by atoms with Gasteiger partial charge in [0.2, 0.25) is 0 Å². The summed E-state index contributed by atoms with van der Waals surface area (Å²) >= 11 is 1.54. The number of rotatable bonds is 1. The van der Waals surface area contributed by atoms with Gasteiger partial charge in [-0.3, -0.25) is 4.79 Å². The highest BCUT2D eigenvalue weighted by Gasteiger charge is 2.04. The van der Waals surface area contributed by atoms with E-state index in [-0.39, 0.29) is 11.3 Å². The Balaban J connectivity index is 3.07. The first kappa shape index (κ1) is 7.64. The summed E-state index contributed by atoms with van der Waals surface area (Å²) in [7, 11) is 0. The SMILES string of the molecule is O=c1cc(C(F)I)nc[nH]1. The number of alkyl halides is 2. The summed E-state index contributed by atoms with van der Waals surface area (Å²) in [6, 6.07) is 1.14. The van der Waals surface area contributed by atoms with Crippen LogP contribution in [-0.4, -0.2) is 9.97 Å². The predicted molar refractivity (Wildman–Crippen MR) is 42.7 cm³/mol. The van der Waals surface area contributed by atoms with E-state index in [1.54, 1.807) is 22.6 Å². The number of hydrogen-bond donors (Lipinski definition) is 1. The van der Waals surface area contributed by atoms with E-state index in [0.717, 1.165) is 6.07 Å². The van der Waals surface area contributed by atoms with Crippen molar-refractivity contribution in [2.24, 2.45) is 0 Å². The molecule has 1 aromatic heterocycles. The Morgan fingerprint density at radius 1 is 1.80 bits per heavy atom. The van der Waals surface area contributed by atoms with E-state index in [1.165, 1.54) is 6.33 Å². The van der Waals surface area contributed by atoms with E-state index in [9.17, 15) is 9.18 Å². The second-order valence-electron chi connectivity index (χ2n) is 1.64. The third-order valence-corrected chi connectivity index (χ3v) is 1.56. The van der Waals surface area contributed by atoms with Crippen LogP contribution in [0.4, 0.5) is 4.39 Å². The van der Waals surface area contributed by atoms with Crippen LogP contribution in [-0.2, 0) is 0 Å². The molecule has 0 saturated heterocycles. The van der Waals surface area contributed by atoms with E-state index < -0.39 is 4.18 Å². The Labute approximate surface area is 69.8 Å². The lowest BCUT2D eigenvalue weighted by Gasteiger charge is -1.94. The van der Waals surface area contributed by atoms with Gasteiger partial charge < -0.3 is 4.98 Å². The minimum atomic E-state index is -1.21. The molecule has 5 heteroatoms. The molecular weight excluding hydrogens is 250 g/mol. The molecule has 0 amide bonds. The molecule has 1 atom stereocenters. The first-order chi connectivity index (χ1) is 4.70. The molecule has 0 aliphatic rings. The van der Waals surface area contributed by atoms with Crippen LogP contribution in [0.3, 0.4) is 0 Å². The van der Waals surface area contributed by atoms with Gasteiger partial charge in [-0.1, -0.05) is 0 Å². The van der Waals surface area contributed by atoms with Crippen molar-refractivity contribution >= 4 is 22.6 Å². The van der Waals surface area contributed by atoms with E-state index in [4.69, 9.17) is 0 Å². The van der Waals surface area contributed by atoms with Crippen molar-refractivity contribution in [1.29, 1.82) is 0 Å². The fraction of sp³-hybridized carbons (Fsp3) is 0.200. The molecular formula is C5H4FIN2O. The van der Waals surface area contributed by atoms with Gasteiger partial charge in [-0.15, -0.1) is 0 Å². The van der Waals surface area contributed by atoms with Crippen LogP contribution < -0.4 is 5.56 Å². The molecule has 0 radical (unpaired) electrons. The number of nitrogens with zero attached hydrogens (tertiary/aromatic N) is 1. The molecule has 1 unspecified atom stereocenters. The Morgan fingerprint density at radius 3 is 2.90 bits per heavy atom. The average Bonchev–Trinajstić information content (AvgIpc) is 1.88. The lowest BCUT2D eigenvalue weighted by atomic mass is 10.4. The second-order valence-corrected chi connectivity index (χ2v) is 2.73. The number of aromatic nitrogens is 2. The summed E-state index contributed by atoms with van der Waals surface area (Å²) in [5, 5.41) is 0. The van der Waals surface area contributed by atoms with E-state index in [2.05, 4.69) is 9.97 Å². The maximum absolute atomic E-state index is 12.4. The van der Waals surface area contributed by atoms with Gasteiger partial charge in [0, 0.05) is 6.07 Å². The molecule has 1 heterocycles. The highest BCUT2D eigenvalue weighted by molar-refractivity contribution is 14.1. The number of aromatic amines is 1. The zero-order valence-electron chi connectivity index (χ0n) is 4.84. The summed E-state index contributed by atoms with van der Waals surface area (Å²) in [6.07, 6.45) is 1.18. The first-order valence-corrected chi connectivity index (χ1v) is 3.77. The molecule has 1 rings (SSSR count). The minimum Gasteiger partial charge on any atom is -0.313 e. The molecule has 10 heavy (non-hydrogen) atoms. The van der Waals surface area contributed by atoms with Crippen LogP contribution in [0.25, 0.3) is 0 Å². The normalized spacial score (nSPS) is 13.0. The van der Waals surface area contributed by atoms with E-state index in [1.807, 2.05) is 0 Å². The Kier molecular flexibility index (Phi) is 2.36. The maximum atomic E-state index is 12.4. The molecule has 1 aromatic rings. The van der Waals surface area contributed by atoms with E-state index in [0.29, 0.717) is 0 Å². The predicted octanol–water partition coefficient (Wildman–Crippen LogP) is 1.17. The van der Waals surface area contributed by atoms with Crippen LogP contribution in [0.2, 0.25) is 0 Å². The van der Waals surface area contributed by atoms with Crippen LogP contribution >= 0.6 is 22.6 Å². The molecule has 0 bridgehead atoms. The van der Waals surface area contributed by atoms with Crippen LogP contribution in [0.15, 0.2) is 17.2 Å². The smallest absolute Gasteiger partial charge is 0.251 e. The van der Waals surface area contributed by atoms with Gasteiger partial charge >= 0.3 is 0 Å². The van der Waals surface area contributed by atoms with Gasteiger partial charge in [0.05, 0.1) is 12.0 Å². The lowest BCUT2D eigenvalue weighted by molar-refractivity contribution is 0.480. The standard InChI is InChI=1S/C5H4FIN2O/c6-5(7)3-1-4(10)9-2-8-3/h1-2,5H,(H,8,9,10). The molecule has 0 saturated carbocycles. The van der Waals surface area contributed by atoms with Crippen LogP contribution in [0.5, 0.6) is 0 Å². The van der Waals surface area contributed by atoms with Gasteiger partial charge in [0.25, 0.3) is 5.56 Å². The summed E-state index contributed by atoms with van der Waals surface area (Å²) < 4.78 is 11.2. The maximum Gasteiger partial charge on any atom is 0.251 e. The van der Waals surface area contributed by atoms with Crippen molar-refractivity contribution in [1.82, 2.24) is 9.97 Å². The minimum absolute atomic E-state index is 0.157. The van der Waals surface area contributed by atoms with E-state index >= 15 is 0 Å². The zero-order valence-corrected chi connectivity index (χ0v) is 7.00.